The Bertz CT molecular complexity index is 931. The fraction of sp³-hybridized carbons (Fsp3) is 0.292. The Kier molecular flexibility index (Phi) is 11.6. The van der Waals surface area contributed by atoms with Crippen molar-refractivity contribution in [1.82, 2.24) is 15.2 Å². The maximum atomic E-state index is 13.2. The van der Waals surface area contributed by atoms with Crippen molar-refractivity contribution in [2.24, 2.45) is 10.9 Å². The molecule has 5 nitrogen and oxygen atoms in total. The molecule has 0 saturated carbocycles. The molecule has 32 heavy (non-hydrogen) atoms. The maximum Gasteiger partial charge on any atom is 1.00 e. The standard InChI is InChI=1S/C24H24BrFN5.Li/c25-22(13-27)16-30-24(9-11-29-15-20-3-1-10-28-14-20)21-4-2-12-31(18-21)17-19-5-7-23(26)8-6-19;/h1,3,5-10,13-14,21,29H,2,4,12,15,17-18H2;/q-3;+1. The molecule has 1 aliphatic heterocycles. The van der Waals surface area contributed by atoms with Crippen LogP contribution in [0.25, 0.3) is 5.41 Å². The van der Waals surface area contributed by atoms with Crippen LogP contribution in [0.15, 0.2) is 64.3 Å². The van der Waals surface area contributed by atoms with Gasteiger partial charge in [0.2, 0.25) is 0 Å². The molecule has 1 saturated heterocycles. The fourth-order valence-electron chi connectivity index (χ4n) is 3.46. The summed E-state index contributed by atoms with van der Waals surface area (Å²) in [6, 6.07) is 10.5. The zero-order chi connectivity index (χ0) is 21.9. The van der Waals surface area contributed by atoms with Gasteiger partial charge in [-0.1, -0.05) is 52.7 Å². The quantitative estimate of drug-likeness (QED) is 0.253. The van der Waals surface area contributed by atoms with Gasteiger partial charge in [-0.05, 0) is 48.8 Å². The van der Waals surface area contributed by atoms with E-state index in [9.17, 15) is 4.39 Å². The molecular formula is C24H24BrFLiN5-2. The third-order valence-electron chi connectivity index (χ3n) is 4.99. The van der Waals surface area contributed by atoms with Gasteiger partial charge < -0.3 is 15.7 Å². The first kappa shape index (κ1) is 26.2. The Balaban J connectivity index is 0.00000363. The zero-order valence-corrected chi connectivity index (χ0v) is 19.7. The largest absolute Gasteiger partial charge is 1.00 e. The number of hydrogen-bond donors (Lipinski definition) is 1. The first-order valence-corrected chi connectivity index (χ1v) is 10.9. The van der Waals surface area contributed by atoms with E-state index in [0.717, 1.165) is 55.5 Å². The molecule has 1 N–H and O–H groups in total. The predicted octanol–water partition coefficient (Wildman–Crippen LogP) is 1.66. The molecule has 0 aliphatic carbocycles. The second kappa shape index (κ2) is 14.2. The number of halogens is 2. The molecule has 1 aromatic carbocycles. The van der Waals surface area contributed by atoms with E-state index in [4.69, 9.17) is 5.41 Å². The van der Waals surface area contributed by atoms with Gasteiger partial charge in [-0.15, -0.1) is 10.2 Å². The van der Waals surface area contributed by atoms with E-state index in [-0.39, 0.29) is 30.6 Å². The van der Waals surface area contributed by atoms with Crippen molar-refractivity contribution < 1.29 is 23.3 Å². The Labute approximate surface area is 209 Å². The average molecular weight is 488 g/mol. The number of benzene rings is 1. The Hall–Kier alpha value is -2.04. The van der Waals surface area contributed by atoms with Gasteiger partial charge in [-0.2, -0.15) is 12.3 Å². The van der Waals surface area contributed by atoms with Crippen LogP contribution in [0.2, 0.25) is 0 Å². The summed E-state index contributed by atoms with van der Waals surface area (Å²) in [5.41, 5.74) is 2.99. The van der Waals surface area contributed by atoms with Gasteiger partial charge in [0.1, 0.15) is 5.82 Å². The number of nitrogens with zero attached hydrogens (tertiary/aromatic N) is 4. The van der Waals surface area contributed by atoms with E-state index in [1.54, 1.807) is 6.20 Å². The average Bonchev–Trinajstić information content (AvgIpc) is 2.80. The fourth-order valence-corrected chi connectivity index (χ4v) is 3.55. The normalized spacial score (nSPS) is 17.8. The van der Waals surface area contributed by atoms with Gasteiger partial charge in [0.15, 0.2) is 0 Å². The third-order valence-corrected chi connectivity index (χ3v) is 5.37. The van der Waals surface area contributed by atoms with E-state index >= 15 is 0 Å². The summed E-state index contributed by atoms with van der Waals surface area (Å²) >= 11 is 3.20. The van der Waals surface area contributed by atoms with Gasteiger partial charge in [-0.3, -0.25) is 16.1 Å². The zero-order valence-electron chi connectivity index (χ0n) is 18.1. The van der Waals surface area contributed by atoms with Crippen molar-refractivity contribution in [2.45, 2.75) is 25.9 Å². The van der Waals surface area contributed by atoms with Crippen LogP contribution >= 0.6 is 15.9 Å². The van der Waals surface area contributed by atoms with Crippen molar-refractivity contribution in [2.75, 3.05) is 13.1 Å². The first-order valence-electron chi connectivity index (χ1n) is 10.1. The Morgan fingerprint density at radius 3 is 2.84 bits per heavy atom. The van der Waals surface area contributed by atoms with Gasteiger partial charge >= 0.3 is 18.9 Å². The number of piperidine rings is 1. The number of nitrogens with one attached hydrogen (secondary N) is 1. The minimum absolute atomic E-state index is 0. The number of hydrogen-bond acceptors (Lipinski definition) is 4. The van der Waals surface area contributed by atoms with E-state index < -0.39 is 0 Å². The molecule has 0 spiro atoms. The van der Waals surface area contributed by atoms with Crippen LogP contribution in [0, 0.1) is 24.1 Å². The summed E-state index contributed by atoms with van der Waals surface area (Å²) in [7, 11) is 0. The smallest absolute Gasteiger partial charge is 0.877 e. The van der Waals surface area contributed by atoms with Gasteiger partial charge in [0.05, 0.1) is 0 Å². The van der Waals surface area contributed by atoms with Crippen LogP contribution in [0.3, 0.4) is 0 Å². The van der Waals surface area contributed by atoms with E-state index in [2.05, 4.69) is 48.5 Å². The number of aliphatic imine (C=N–C) groups is 1. The van der Waals surface area contributed by atoms with E-state index in [1.165, 1.54) is 12.1 Å². The van der Waals surface area contributed by atoms with Crippen molar-refractivity contribution in [3.05, 3.63) is 94.1 Å². The topological polar surface area (TPSA) is 62.8 Å². The Morgan fingerprint density at radius 1 is 1.31 bits per heavy atom. The molecule has 1 unspecified atom stereocenters. The second-order valence-corrected chi connectivity index (χ2v) is 8.18. The maximum absolute atomic E-state index is 13.2. The van der Waals surface area contributed by atoms with E-state index in [0.29, 0.717) is 11.0 Å². The molecular weight excluding hydrogens is 464 g/mol. The van der Waals surface area contributed by atoms with Gasteiger partial charge in [0.25, 0.3) is 0 Å². The van der Waals surface area contributed by atoms with Crippen molar-refractivity contribution >= 4 is 27.9 Å². The van der Waals surface area contributed by atoms with Crippen LogP contribution in [0.5, 0.6) is 0 Å². The van der Waals surface area contributed by atoms with E-state index in [1.807, 2.05) is 36.5 Å². The number of likely N-dealkylation sites (tertiary alicyclic amines) is 1. The van der Waals surface area contributed by atoms with Crippen molar-refractivity contribution in [3.63, 3.8) is 0 Å². The second-order valence-electron chi connectivity index (χ2n) is 7.33. The summed E-state index contributed by atoms with van der Waals surface area (Å²) < 4.78 is 13.6. The number of pyridine rings is 1. The molecule has 3 rings (SSSR count). The van der Waals surface area contributed by atoms with Crippen molar-refractivity contribution in [3.8, 4) is 0 Å². The number of rotatable bonds is 9. The summed E-state index contributed by atoms with van der Waals surface area (Å²) in [4.78, 5) is 10.9. The molecule has 8 heteroatoms. The van der Waals surface area contributed by atoms with Crippen LogP contribution < -0.4 is 24.2 Å². The van der Waals surface area contributed by atoms with Crippen LogP contribution in [0.1, 0.15) is 24.0 Å². The van der Waals surface area contributed by atoms with Crippen molar-refractivity contribution in [1.29, 1.82) is 0 Å². The third kappa shape index (κ3) is 8.83. The summed E-state index contributed by atoms with van der Waals surface area (Å²) in [6.07, 6.45) is 14.3. The van der Waals surface area contributed by atoms with Crippen LogP contribution in [-0.4, -0.2) is 34.9 Å². The summed E-state index contributed by atoms with van der Waals surface area (Å²) in [5.74, 6) is -0.0175. The van der Waals surface area contributed by atoms with Crippen LogP contribution in [-0.2, 0) is 13.1 Å². The molecule has 1 atom stereocenters. The number of allylic oxidation sites excluding steroid dienone is 2. The molecule has 162 valence electrons. The molecule has 0 amide bonds. The molecule has 1 aromatic heterocycles. The Morgan fingerprint density at radius 2 is 2.12 bits per heavy atom. The molecule has 0 bridgehead atoms. The minimum Gasteiger partial charge on any atom is -0.877 e. The SMILES string of the molecule is [Li+].[N-]=CC(Br)=[C-]N=C(C=[C-]NCc1cccnc1)C1CCCN(Cc2ccc(F)cc2)C1. The summed E-state index contributed by atoms with van der Waals surface area (Å²) in [6.45, 7) is 3.21. The van der Waals surface area contributed by atoms with Gasteiger partial charge in [0, 0.05) is 25.5 Å². The van der Waals surface area contributed by atoms with Gasteiger partial charge in [-0.25, -0.2) is 4.39 Å². The summed E-state index contributed by atoms with van der Waals surface area (Å²) in [5, 5.41) is 12.3. The monoisotopic (exact) mass is 487 g/mol. The predicted molar refractivity (Wildman–Crippen MR) is 126 cm³/mol. The molecule has 1 fully saturated rings. The number of aromatic nitrogens is 1. The first-order chi connectivity index (χ1) is 15.1. The molecule has 2 heterocycles. The molecule has 2 aromatic rings. The molecule has 1 aliphatic rings. The van der Waals surface area contributed by atoms with Crippen LogP contribution in [0.4, 0.5) is 4.39 Å². The minimum atomic E-state index is -0.220. The molecule has 0 radical (unpaired) electrons.